The number of nitrogens with two attached hydrogens (primary N) is 1. The maximum absolute atomic E-state index is 10.3. The van der Waals surface area contributed by atoms with E-state index in [0.717, 1.165) is 5.39 Å². The van der Waals surface area contributed by atoms with Gasteiger partial charge in [-0.25, -0.2) is 0 Å². The summed E-state index contributed by atoms with van der Waals surface area (Å²) in [6.07, 6.45) is 1.76. The molecule has 0 saturated carbocycles. The fourth-order valence-corrected chi connectivity index (χ4v) is 1.56. The molecule has 0 aliphatic carbocycles. The molecule has 0 unspecified atom stereocenters. The summed E-state index contributed by atoms with van der Waals surface area (Å²) < 4.78 is 0. The topological polar surface area (TPSA) is 58.9 Å². The van der Waals surface area contributed by atoms with Crippen molar-refractivity contribution in [3.8, 4) is 0 Å². The summed E-state index contributed by atoms with van der Waals surface area (Å²) in [5, 5.41) is 1.33. The molecule has 5 heteroatoms. The van der Waals surface area contributed by atoms with Gasteiger partial charge in [0.1, 0.15) is 0 Å². The summed E-state index contributed by atoms with van der Waals surface area (Å²) in [5.41, 5.74) is 7.25. The van der Waals surface area contributed by atoms with E-state index >= 15 is 0 Å². The molecule has 0 aliphatic heterocycles. The van der Waals surface area contributed by atoms with Crippen molar-refractivity contribution in [2.24, 2.45) is 0 Å². The van der Waals surface area contributed by atoms with Crippen LogP contribution in [0.1, 0.15) is 5.69 Å². The maximum atomic E-state index is 10.3. The van der Waals surface area contributed by atoms with E-state index in [1.165, 1.54) is 0 Å². The third-order valence-electron chi connectivity index (χ3n) is 1.81. The standard InChI is InChI=1S/C9H6ClN2O.2CH3.Li/c10-8-3-6(11)1-5-2-7(4-13)12-9(5)8;;;/h1-3,12H,11H2;2*1H3;/q3*-1;+1. The van der Waals surface area contributed by atoms with Gasteiger partial charge in [-0.05, 0) is 12.1 Å². The Bertz CT molecular complexity index is 482. The Balaban J connectivity index is 0. The summed E-state index contributed by atoms with van der Waals surface area (Å²) in [4.78, 5) is 13.2. The summed E-state index contributed by atoms with van der Waals surface area (Å²) in [6.45, 7) is 0. The third kappa shape index (κ3) is 3.05. The molecule has 2 aromatic rings. The van der Waals surface area contributed by atoms with Crippen molar-refractivity contribution in [2.45, 2.75) is 0 Å². The van der Waals surface area contributed by atoms with Gasteiger partial charge in [-0.3, -0.25) is 0 Å². The Morgan fingerprint density at radius 3 is 2.44 bits per heavy atom. The van der Waals surface area contributed by atoms with Crippen molar-refractivity contribution >= 4 is 34.5 Å². The molecular formula is C11H12ClLiN2O-2. The average Bonchev–Trinajstić information content (AvgIpc) is 2.47. The smallest absolute Gasteiger partial charge is 0.417 e. The SMILES string of the molecule is Nc1cc(Cl)c2[nH]c([C-]=O)cc2c1.[CH3-].[CH3-].[Li+]. The van der Waals surface area contributed by atoms with Crippen LogP contribution in [0.5, 0.6) is 0 Å². The third-order valence-corrected chi connectivity index (χ3v) is 2.11. The van der Waals surface area contributed by atoms with E-state index in [1.54, 1.807) is 24.5 Å². The molecule has 0 aliphatic rings. The van der Waals surface area contributed by atoms with Crippen molar-refractivity contribution < 1.29 is 23.7 Å². The molecule has 0 saturated heterocycles. The van der Waals surface area contributed by atoms with Crippen molar-refractivity contribution in [1.29, 1.82) is 0 Å². The van der Waals surface area contributed by atoms with Gasteiger partial charge in [0.2, 0.25) is 0 Å². The molecule has 0 spiro atoms. The Morgan fingerprint density at radius 1 is 1.25 bits per heavy atom. The van der Waals surface area contributed by atoms with Gasteiger partial charge in [0.05, 0.1) is 5.02 Å². The van der Waals surface area contributed by atoms with Crippen LogP contribution in [0, 0.1) is 14.9 Å². The van der Waals surface area contributed by atoms with Gasteiger partial charge in [0, 0.05) is 17.5 Å². The zero-order valence-electron chi connectivity index (χ0n) is 9.60. The largest absolute Gasteiger partial charge is 1.00 e. The second-order valence-electron chi connectivity index (χ2n) is 2.75. The van der Waals surface area contributed by atoms with Crippen molar-refractivity contribution in [1.82, 2.24) is 4.98 Å². The Hall–Kier alpha value is -0.883. The minimum Gasteiger partial charge on any atom is -0.417 e. The van der Waals surface area contributed by atoms with E-state index in [1.807, 2.05) is 0 Å². The van der Waals surface area contributed by atoms with Crippen molar-refractivity contribution in [3.63, 3.8) is 0 Å². The number of halogens is 1. The molecular weight excluding hydrogens is 219 g/mol. The first-order valence-electron chi connectivity index (χ1n) is 3.66. The van der Waals surface area contributed by atoms with Crippen molar-refractivity contribution in [3.05, 3.63) is 43.8 Å². The Morgan fingerprint density at radius 2 is 1.88 bits per heavy atom. The zero-order valence-corrected chi connectivity index (χ0v) is 10.4. The molecule has 0 radical (unpaired) electrons. The minimum atomic E-state index is 0. The van der Waals surface area contributed by atoms with E-state index < -0.39 is 0 Å². The molecule has 0 fully saturated rings. The number of aromatic amines is 1. The van der Waals surface area contributed by atoms with Crippen molar-refractivity contribution in [2.75, 3.05) is 5.73 Å². The Labute approximate surface area is 113 Å². The minimum absolute atomic E-state index is 0. The molecule has 1 aromatic heterocycles. The van der Waals surface area contributed by atoms with E-state index in [4.69, 9.17) is 17.3 Å². The fraction of sp³-hybridized carbons (Fsp3) is 0. The number of H-pyrrole nitrogens is 1. The summed E-state index contributed by atoms with van der Waals surface area (Å²) >= 11 is 5.89. The zero-order chi connectivity index (χ0) is 9.42. The molecule has 1 heterocycles. The average molecular weight is 231 g/mol. The number of hydrogen-bond acceptors (Lipinski definition) is 2. The normalized spacial score (nSPS) is 8.56. The first kappa shape index (κ1) is 17.5. The quantitative estimate of drug-likeness (QED) is 0.404. The number of carbonyl (C=O) groups excluding carboxylic acids is 1. The van der Waals surface area contributed by atoms with E-state index in [2.05, 4.69) is 4.98 Å². The number of hydrogen-bond donors (Lipinski definition) is 2. The summed E-state index contributed by atoms with van der Waals surface area (Å²) in [5.74, 6) is 0. The van der Waals surface area contributed by atoms with Gasteiger partial charge >= 0.3 is 18.9 Å². The van der Waals surface area contributed by atoms with Crippen LogP contribution >= 0.6 is 11.6 Å². The van der Waals surface area contributed by atoms with Crippen LogP contribution in [0.4, 0.5) is 5.69 Å². The maximum Gasteiger partial charge on any atom is 1.00 e. The number of benzene rings is 1. The summed E-state index contributed by atoms with van der Waals surface area (Å²) in [6, 6.07) is 5.04. The van der Waals surface area contributed by atoms with Gasteiger partial charge < -0.3 is 30.4 Å². The molecule has 3 N–H and O–H groups in total. The van der Waals surface area contributed by atoms with Gasteiger partial charge in [-0.2, -0.15) is 6.07 Å². The number of rotatable bonds is 1. The van der Waals surface area contributed by atoms with Crippen LogP contribution in [-0.2, 0) is 4.79 Å². The van der Waals surface area contributed by atoms with E-state index in [-0.39, 0.29) is 33.7 Å². The number of anilines is 1. The summed E-state index contributed by atoms with van der Waals surface area (Å²) in [7, 11) is 0. The van der Waals surface area contributed by atoms with Crippen LogP contribution < -0.4 is 24.6 Å². The van der Waals surface area contributed by atoms with Crippen LogP contribution in [0.15, 0.2) is 18.2 Å². The van der Waals surface area contributed by atoms with Crippen LogP contribution in [0.25, 0.3) is 10.9 Å². The second kappa shape index (κ2) is 6.65. The van der Waals surface area contributed by atoms with Gasteiger partial charge in [-0.15, -0.1) is 0 Å². The fourth-order valence-electron chi connectivity index (χ4n) is 1.28. The monoisotopic (exact) mass is 230 g/mol. The second-order valence-corrected chi connectivity index (χ2v) is 3.16. The first-order chi connectivity index (χ1) is 6.20. The van der Waals surface area contributed by atoms with Gasteiger partial charge in [0.15, 0.2) is 0 Å². The predicted octanol–water partition coefficient (Wildman–Crippen LogP) is -0.234. The molecule has 0 bridgehead atoms. The molecule has 0 amide bonds. The predicted molar refractivity (Wildman–Crippen MR) is 65.3 cm³/mol. The molecule has 3 nitrogen and oxygen atoms in total. The van der Waals surface area contributed by atoms with Crippen LogP contribution in [0.2, 0.25) is 5.02 Å². The number of fused-ring (bicyclic) bond motifs is 1. The molecule has 0 atom stereocenters. The Kier molecular flexibility index (Phi) is 7.27. The number of nitrogen functional groups attached to an aromatic ring is 1. The first-order valence-corrected chi connectivity index (χ1v) is 4.04. The molecule has 82 valence electrons. The molecule has 16 heavy (non-hydrogen) atoms. The van der Waals surface area contributed by atoms with Crippen LogP contribution in [-0.4, -0.2) is 11.3 Å². The van der Waals surface area contributed by atoms with E-state index in [0.29, 0.717) is 21.9 Å². The van der Waals surface area contributed by atoms with Crippen LogP contribution in [0.3, 0.4) is 0 Å². The molecule has 1 aromatic carbocycles. The van der Waals surface area contributed by atoms with E-state index in [9.17, 15) is 4.79 Å². The van der Waals surface area contributed by atoms with Gasteiger partial charge in [-0.1, -0.05) is 22.7 Å². The van der Waals surface area contributed by atoms with Gasteiger partial charge in [0.25, 0.3) is 0 Å². The number of aromatic nitrogens is 1. The number of nitrogens with one attached hydrogen (secondary N) is 1. The molecule has 2 rings (SSSR count).